The van der Waals surface area contributed by atoms with E-state index in [1.165, 1.54) is 0 Å². The summed E-state index contributed by atoms with van der Waals surface area (Å²) in [6.07, 6.45) is 6.91. The van der Waals surface area contributed by atoms with Gasteiger partial charge in [0.2, 0.25) is 0 Å². The summed E-state index contributed by atoms with van der Waals surface area (Å²) < 4.78 is 42.6. The SMILES string of the molecule is C#C[C@H](CCCCO[Si](C)(C)C(C)(C)C)SC(F)(F)F. The maximum absolute atomic E-state index is 12.2. The van der Waals surface area contributed by atoms with Crippen LogP contribution in [-0.2, 0) is 4.43 Å². The second-order valence-corrected chi connectivity index (χ2v) is 12.4. The van der Waals surface area contributed by atoms with Gasteiger partial charge in [0.05, 0.1) is 5.25 Å². The fourth-order valence-corrected chi connectivity index (χ4v) is 3.08. The van der Waals surface area contributed by atoms with Crippen LogP contribution in [-0.4, -0.2) is 25.7 Å². The molecule has 0 saturated carbocycles. The molecule has 0 aliphatic rings. The predicted octanol–water partition coefficient (Wildman–Crippen LogP) is 5.43. The number of halogens is 3. The van der Waals surface area contributed by atoms with Gasteiger partial charge in [0.25, 0.3) is 0 Å². The molecule has 0 aromatic carbocycles. The predicted molar refractivity (Wildman–Crippen MR) is 83.3 cm³/mol. The Bertz CT molecular complexity index is 329. The zero-order chi connectivity index (χ0) is 16.0. The summed E-state index contributed by atoms with van der Waals surface area (Å²) in [7, 11) is -1.75. The maximum atomic E-state index is 12.2. The van der Waals surface area contributed by atoms with Gasteiger partial charge < -0.3 is 4.43 Å². The molecular weight excluding hydrogens is 301 g/mol. The van der Waals surface area contributed by atoms with E-state index in [0.29, 0.717) is 19.4 Å². The molecule has 0 saturated heterocycles. The van der Waals surface area contributed by atoms with Crippen molar-refractivity contribution in [2.45, 2.75) is 68.9 Å². The molecule has 0 aliphatic heterocycles. The highest BCUT2D eigenvalue weighted by atomic mass is 32.2. The second kappa shape index (κ2) is 7.76. The van der Waals surface area contributed by atoms with Gasteiger partial charge in [-0.25, -0.2) is 0 Å². The summed E-state index contributed by atoms with van der Waals surface area (Å²) in [6, 6.07) is 0. The highest BCUT2D eigenvalue weighted by molar-refractivity contribution is 8.00. The number of thioether (sulfide) groups is 1. The van der Waals surface area contributed by atoms with Gasteiger partial charge in [-0.2, -0.15) is 13.2 Å². The van der Waals surface area contributed by atoms with Crippen molar-refractivity contribution in [1.82, 2.24) is 0 Å². The van der Waals surface area contributed by atoms with E-state index in [2.05, 4.69) is 39.8 Å². The first-order valence-corrected chi connectivity index (χ1v) is 10.5. The van der Waals surface area contributed by atoms with Crippen molar-refractivity contribution in [2.24, 2.45) is 0 Å². The second-order valence-electron chi connectivity index (χ2n) is 6.32. The van der Waals surface area contributed by atoms with E-state index in [0.717, 1.165) is 6.42 Å². The van der Waals surface area contributed by atoms with Crippen molar-refractivity contribution < 1.29 is 17.6 Å². The van der Waals surface area contributed by atoms with Gasteiger partial charge in [-0.3, -0.25) is 0 Å². The Morgan fingerprint density at radius 3 is 2.15 bits per heavy atom. The van der Waals surface area contributed by atoms with Gasteiger partial charge in [-0.1, -0.05) is 26.7 Å². The van der Waals surface area contributed by atoms with Crippen LogP contribution < -0.4 is 0 Å². The topological polar surface area (TPSA) is 9.23 Å². The first-order valence-electron chi connectivity index (χ1n) is 6.74. The minimum atomic E-state index is -4.26. The van der Waals surface area contributed by atoms with Crippen LogP contribution in [0.5, 0.6) is 0 Å². The zero-order valence-corrected chi connectivity index (χ0v) is 14.8. The molecule has 0 aromatic heterocycles. The van der Waals surface area contributed by atoms with E-state index in [9.17, 15) is 13.2 Å². The third-order valence-corrected chi connectivity index (χ3v) is 9.05. The Labute approximate surface area is 126 Å². The normalized spacial score (nSPS) is 14.9. The molecule has 0 aromatic rings. The minimum Gasteiger partial charge on any atom is -0.417 e. The van der Waals surface area contributed by atoms with Crippen LogP contribution >= 0.6 is 11.8 Å². The molecule has 0 fully saturated rings. The number of alkyl halides is 3. The number of unbranched alkanes of at least 4 members (excludes halogenated alkanes) is 1. The number of terminal acetylenes is 1. The van der Waals surface area contributed by atoms with Gasteiger partial charge >= 0.3 is 5.51 Å². The lowest BCUT2D eigenvalue weighted by atomic mass is 10.2. The third kappa shape index (κ3) is 8.23. The lowest BCUT2D eigenvalue weighted by molar-refractivity contribution is -0.0331. The summed E-state index contributed by atoms with van der Waals surface area (Å²) in [5.74, 6) is 2.20. The Balaban J connectivity index is 3.95. The van der Waals surface area contributed by atoms with E-state index in [-0.39, 0.29) is 16.8 Å². The van der Waals surface area contributed by atoms with Crippen molar-refractivity contribution in [3.05, 3.63) is 0 Å². The first kappa shape index (κ1) is 19.9. The lowest BCUT2D eigenvalue weighted by Crippen LogP contribution is -2.40. The summed E-state index contributed by atoms with van der Waals surface area (Å²) in [4.78, 5) is 0. The average molecular weight is 326 g/mol. The van der Waals surface area contributed by atoms with Crippen LogP contribution in [0.2, 0.25) is 18.1 Å². The maximum Gasteiger partial charge on any atom is 0.443 e. The molecule has 0 bridgehead atoms. The Hall–Kier alpha value is -0.123. The summed E-state index contributed by atoms with van der Waals surface area (Å²) >= 11 is -0.0985. The molecule has 0 rings (SSSR count). The summed E-state index contributed by atoms with van der Waals surface area (Å²) in [5, 5.41) is -0.636. The van der Waals surface area contributed by atoms with E-state index in [1.807, 2.05) is 0 Å². The molecule has 0 unspecified atom stereocenters. The monoisotopic (exact) mass is 326 g/mol. The van der Waals surface area contributed by atoms with E-state index >= 15 is 0 Å². The van der Waals surface area contributed by atoms with Crippen LogP contribution in [0.4, 0.5) is 13.2 Å². The van der Waals surface area contributed by atoms with E-state index in [4.69, 9.17) is 10.8 Å². The van der Waals surface area contributed by atoms with Crippen LogP contribution in [0.25, 0.3) is 0 Å². The molecule has 0 N–H and O–H groups in total. The van der Waals surface area contributed by atoms with Gasteiger partial charge in [0.1, 0.15) is 0 Å². The molecule has 0 aliphatic carbocycles. The molecule has 0 heterocycles. The van der Waals surface area contributed by atoms with Crippen molar-refractivity contribution in [3.8, 4) is 12.3 Å². The van der Waals surface area contributed by atoms with Crippen LogP contribution in [0.1, 0.15) is 40.0 Å². The van der Waals surface area contributed by atoms with Crippen LogP contribution in [0.3, 0.4) is 0 Å². The summed E-state index contributed by atoms with van der Waals surface area (Å²) in [5.41, 5.74) is -4.26. The van der Waals surface area contributed by atoms with Gasteiger partial charge in [-0.05, 0) is 49.2 Å². The molecule has 1 nitrogen and oxygen atoms in total. The molecular formula is C14H25F3OSSi. The number of rotatable bonds is 7. The van der Waals surface area contributed by atoms with E-state index in [1.54, 1.807) is 0 Å². The van der Waals surface area contributed by atoms with Crippen LogP contribution in [0, 0.1) is 12.3 Å². The smallest absolute Gasteiger partial charge is 0.417 e. The van der Waals surface area contributed by atoms with Crippen LogP contribution in [0.15, 0.2) is 0 Å². The molecule has 0 spiro atoms. The first-order chi connectivity index (χ1) is 8.89. The Morgan fingerprint density at radius 2 is 1.75 bits per heavy atom. The van der Waals surface area contributed by atoms with E-state index < -0.39 is 19.1 Å². The summed E-state index contributed by atoms with van der Waals surface area (Å²) in [6.45, 7) is 11.4. The molecule has 0 radical (unpaired) electrons. The quantitative estimate of drug-likeness (QED) is 0.350. The largest absolute Gasteiger partial charge is 0.443 e. The molecule has 20 heavy (non-hydrogen) atoms. The van der Waals surface area contributed by atoms with Gasteiger partial charge in [0, 0.05) is 6.61 Å². The van der Waals surface area contributed by atoms with Crippen molar-refractivity contribution in [3.63, 3.8) is 0 Å². The number of hydrogen-bond donors (Lipinski definition) is 0. The standard InChI is InChI=1S/C14H25F3OSSi/c1-7-12(19-14(15,16)17)10-8-9-11-18-20(5,6)13(2,3)4/h1,12H,8-11H2,2-6H3/t12-/m1/s1. The number of hydrogen-bond acceptors (Lipinski definition) is 2. The molecule has 6 heteroatoms. The highest BCUT2D eigenvalue weighted by Gasteiger charge is 2.37. The fraction of sp³-hybridized carbons (Fsp3) is 0.857. The highest BCUT2D eigenvalue weighted by Crippen LogP contribution is 2.37. The molecule has 1 atom stereocenters. The average Bonchev–Trinajstić information content (AvgIpc) is 2.23. The zero-order valence-electron chi connectivity index (χ0n) is 12.9. The van der Waals surface area contributed by atoms with Crippen molar-refractivity contribution >= 4 is 20.1 Å². The van der Waals surface area contributed by atoms with Crippen molar-refractivity contribution in [2.75, 3.05) is 6.61 Å². The lowest BCUT2D eigenvalue weighted by Gasteiger charge is -2.36. The molecule has 0 amide bonds. The van der Waals surface area contributed by atoms with Gasteiger partial charge in [0.15, 0.2) is 8.32 Å². The van der Waals surface area contributed by atoms with Crippen molar-refractivity contribution in [1.29, 1.82) is 0 Å². The minimum absolute atomic E-state index is 0.0985. The third-order valence-electron chi connectivity index (χ3n) is 3.59. The molecule has 118 valence electrons. The van der Waals surface area contributed by atoms with Gasteiger partial charge in [-0.15, -0.1) is 6.42 Å². The Morgan fingerprint density at radius 1 is 1.20 bits per heavy atom. The Kier molecular flexibility index (Phi) is 7.72. The fourth-order valence-electron chi connectivity index (χ4n) is 1.31.